The van der Waals surface area contributed by atoms with E-state index in [1.165, 1.54) is 12.1 Å². The average Bonchev–Trinajstić information content (AvgIpc) is 4.11. The molecule has 53 heavy (non-hydrogen) atoms. The molecule has 9 nitrogen and oxygen atoms in total. The second-order valence-electron chi connectivity index (χ2n) is 14.9. The molecule has 1 aliphatic carbocycles. The number of hydrogen-bond acceptors (Lipinski definition) is 10. The summed E-state index contributed by atoms with van der Waals surface area (Å²) in [5.74, 6) is 0.486. The van der Waals surface area contributed by atoms with Crippen molar-refractivity contribution in [1.82, 2.24) is 10.0 Å². The zero-order valence-corrected chi connectivity index (χ0v) is 33.1. The molecule has 5 unspecified atom stereocenters. The highest BCUT2D eigenvalue weighted by Gasteiger charge is 2.66. The van der Waals surface area contributed by atoms with Crippen LogP contribution < -0.4 is 19.7 Å². The number of carbonyl (C=O) groups is 2. The Balaban J connectivity index is 1.18. The van der Waals surface area contributed by atoms with Crippen LogP contribution in [0.1, 0.15) is 96.6 Å². The first-order valence-corrected chi connectivity index (χ1v) is 21.3. The number of para-hydroxylation sites is 1. The molecule has 11 heteroatoms. The first kappa shape index (κ1) is 39.5. The van der Waals surface area contributed by atoms with Gasteiger partial charge in [-0.25, -0.2) is 0 Å². The molecule has 0 radical (unpaired) electrons. The van der Waals surface area contributed by atoms with E-state index in [9.17, 15) is 19.8 Å². The van der Waals surface area contributed by atoms with Gasteiger partial charge in [0.25, 0.3) is 5.91 Å². The van der Waals surface area contributed by atoms with E-state index in [0.29, 0.717) is 23.7 Å². The predicted octanol–water partition coefficient (Wildman–Crippen LogP) is 8.70. The fourth-order valence-corrected chi connectivity index (χ4v) is 9.64. The van der Waals surface area contributed by atoms with E-state index >= 15 is 0 Å². The molecule has 2 fully saturated rings. The second kappa shape index (κ2) is 17.5. The topological polar surface area (TPSA) is 124 Å². The molecule has 0 spiro atoms. The lowest BCUT2D eigenvalue weighted by Crippen LogP contribution is -2.49. The standard InChI is InChI=1S/C42H55N3O6S2/c1-5-8-21-41(22-9-6-2)27-45(30-13-11-10-12-14-30)32-23-36(52-4)34(24-35(32)53-44-41)50-26-37(48)43-38(28-15-18-31(46)19-16-28)33(47)20-17-29-25-42(29,7-3)39-40(49)51-39/h10-16,18-19,23-24,29,38-40,44,46,49H,5-9,17,20-22,25-27H2,1-4H3,(H,43,48). The molecule has 4 N–H and O–H groups in total. The highest BCUT2D eigenvalue weighted by Crippen LogP contribution is 2.64. The van der Waals surface area contributed by atoms with Crippen LogP contribution in [0.4, 0.5) is 11.4 Å². The van der Waals surface area contributed by atoms with Gasteiger partial charge in [0.2, 0.25) is 0 Å². The van der Waals surface area contributed by atoms with Crippen LogP contribution in [0.25, 0.3) is 0 Å². The number of nitrogens with one attached hydrogen (secondary N) is 2. The van der Waals surface area contributed by atoms with Crippen LogP contribution in [-0.2, 0) is 14.3 Å². The first-order valence-electron chi connectivity index (χ1n) is 19.2. The minimum Gasteiger partial charge on any atom is -0.508 e. The van der Waals surface area contributed by atoms with Crippen molar-refractivity contribution in [2.75, 3.05) is 24.3 Å². The van der Waals surface area contributed by atoms with Gasteiger partial charge in [-0.2, -0.15) is 0 Å². The zero-order valence-electron chi connectivity index (χ0n) is 31.4. The molecule has 0 bridgehead atoms. The number of fused-ring (bicyclic) bond motifs is 1. The molecular formula is C42H55N3O6S2. The molecule has 0 aromatic heterocycles. The van der Waals surface area contributed by atoms with E-state index in [1.807, 2.05) is 18.4 Å². The number of rotatable bonds is 19. The number of epoxide rings is 1. The average molecular weight is 762 g/mol. The predicted molar refractivity (Wildman–Crippen MR) is 213 cm³/mol. The van der Waals surface area contributed by atoms with Crippen molar-refractivity contribution < 1.29 is 29.3 Å². The molecule has 3 aromatic rings. The number of amides is 1. The lowest BCUT2D eigenvalue weighted by molar-refractivity contribution is -0.129. The van der Waals surface area contributed by atoms with Crippen molar-refractivity contribution in [3.05, 3.63) is 72.3 Å². The fraction of sp³-hybridized carbons (Fsp3) is 0.524. The SMILES string of the molecule is CCCCC1(CCCC)CN(c2ccccc2)c2cc(SC)c(OCC(=O)NC(C(=O)CCC3CC3(CC)C3OC3O)c3ccc(O)cc3)cc2SN1. The van der Waals surface area contributed by atoms with E-state index in [0.717, 1.165) is 79.1 Å². The quantitative estimate of drug-likeness (QED) is 0.0536. The molecule has 2 heterocycles. The van der Waals surface area contributed by atoms with Crippen LogP contribution in [0.5, 0.6) is 11.5 Å². The second-order valence-corrected chi connectivity index (χ2v) is 16.6. The molecule has 3 aliphatic rings. The Morgan fingerprint density at radius 2 is 1.77 bits per heavy atom. The molecule has 5 atom stereocenters. The molecule has 1 amide bonds. The van der Waals surface area contributed by atoms with Crippen molar-refractivity contribution in [2.24, 2.45) is 11.3 Å². The van der Waals surface area contributed by atoms with Crippen LogP contribution in [0.3, 0.4) is 0 Å². The summed E-state index contributed by atoms with van der Waals surface area (Å²) in [5.41, 5.74) is 2.71. The number of phenolic OH excluding ortho intramolecular Hbond substituents is 1. The zero-order chi connectivity index (χ0) is 37.6. The minimum atomic E-state index is -0.880. The van der Waals surface area contributed by atoms with Crippen molar-refractivity contribution in [2.45, 2.75) is 119 Å². The van der Waals surface area contributed by atoms with Gasteiger partial charge >= 0.3 is 0 Å². The van der Waals surface area contributed by atoms with Crippen LogP contribution in [0.2, 0.25) is 0 Å². The highest BCUT2D eigenvalue weighted by atomic mass is 32.2. The number of ether oxygens (including phenoxy) is 2. The molecule has 3 aromatic carbocycles. The van der Waals surface area contributed by atoms with Gasteiger partial charge in [0.1, 0.15) is 23.6 Å². The molecular weight excluding hydrogens is 707 g/mol. The van der Waals surface area contributed by atoms with E-state index in [4.69, 9.17) is 9.47 Å². The number of carbonyl (C=O) groups excluding carboxylic acids is 2. The lowest BCUT2D eigenvalue weighted by atomic mass is 9.87. The normalized spacial score (nSPS) is 23.4. The van der Waals surface area contributed by atoms with Gasteiger partial charge in [-0.1, -0.05) is 76.8 Å². The van der Waals surface area contributed by atoms with Gasteiger partial charge in [0.15, 0.2) is 18.7 Å². The van der Waals surface area contributed by atoms with Gasteiger partial charge in [-0.05, 0) is 98.2 Å². The molecule has 286 valence electrons. The monoisotopic (exact) mass is 761 g/mol. The number of unbranched alkanes of at least 4 members (excludes halogenated alkanes) is 2. The smallest absolute Gasteiger partial charge is 0.258 e. The Morgan fingerprint density at radius 3 is 2.40 bits per heavy atom. The summed E-state index contributed by atoms with van der Waals surface area (Å²) in [6.07, 6.45) is 10.6. The maximum absolute atomic E-state index is 13.7. The Hall–Kier alpha value is -3.22. The highest BCUT2D eigenvalue weighted by molar-refractivity contribution is 7.98. The lowest BCUT2D eigenvalue weighted by Gasteiger charge is -2.38. The summed E-state index contributed by atoms with van der Waals surface area (Å²) in [6.45, 7) is 7.18. The Bertz CT molecular complexity index is 1700. The largest absolute Gasteiger partial charge is 0.508 e. The first-order chi connectivity index (χ1) is 25.7. The summed E-state index contributed by atoms with van der Waals surface area (Å²) in [6, 6.07) is 20.3. The van der Waals surface area contributed by atoms with Gasteiger partial charge in [-0.3, -0.25) is 14.3 Å². The third-order valence-corrected chi connectivity index (χ3v) is 13.2. The number of nitrogens with zero attached hydrogens (tertiary/aromatic N) is 1. The summed E-state index contributed by atoms with van der Waals surface area (Å²) in [7, 11) is 0. The van der Waals surface area contributed by atoms with E-state index in [2.05, 4.69) is 66.0 Å². The van der Waals surface area contributed by atoms with E-state index in [-0.39, 0.29) is 41.6 Å². The van der Waals surface area contributed by atoms with Gasteiger partial charge < -0.3 is 29.9 Å². The molecule has 1 saturated carbocycles. The van der Waals surface area contributed by atoms with Crippen LogP contribution >= 0.6 is 23.7 Å². The summed E-state index contributed by atoms with van der Waals surface area (Å²) >= 11 is 3.22. The van der Waals surface area contributed by atoms with Crippen LogP contribution in [-0.4, -0.2) is 59.2 Å². The number of hydrogen-bond donors (Lipinski definition) is 4. The number of phenols is 1. The van der Waals surface area contributed by atoms with Gasteiger partial charge in [-0.15, -0.1) is 11.8 Å². The number of ketones is 1. The number of benzene rings is 3. The fourth-order valence-electron chi connectivity index (χ4n) is 8.05. The van der Waals surface area contributed by atoms with Crippen molar-refractivity contribution in [3.8, 4) is 11.5 Å². The maximum atomic E-state index is 13.7. The van der Waals surface area contributed by atoms with Gasteiger partial charge in [0.05, 0.1) is 15.5 Å². The maximum Gasteiger partial charge on any atom is 0.258 e. The van der Waals surface area contributed by atoms with Crippen molar-refractivity contribution in [1.29, 1.82) is 0 Å². The number of aliphatic hydroxyl groups is 1. The van der Waals surface area contributed by atoms with E-state index < -0.39 is 18.2 Å². The number of aromatic hydroxyl groups is 1. The molecule has 2 aliphatic heterocycles. The Kier molecular flexibility index (Phi) is 13.0. The van der Waals surface area contributed by atoms with Crippen molar-refractivity contribution in [3.63, 3.8) is 0 Å². The molecule has 6 rings (SSSR count). The number of Topliss-reactive ketones (excluding diaryl/α,β-unsaturated/α-hetero) is 1. The minimum absolute atomic E-state index is 0.0633. The van der Waals surface area contributed by atoms with Crippen LogP contribution in [0.15, 0.2) is 76.5 Å². The summed E-state index contributed by atoms with van der Waals surface area (Å²) in [5, 5.41) is 22.7. The van der Waals surface area contributed by atoms with E-state index in [1.54, 1.807) is 35.8 Å². The number of thioether (sulfide) groups is 1. The van der Waals surface area contributed by atoms with Gasteiger partial charge in [0, 0.05) is 29.6 Å². The van der Waals surface area contributed by atoms with Crippen LogP contribution in [0, 0.1) is 11.3 Å². The van der Waals surface area contributed by atoms with Crippen molar-refractivity contribution >= 4 is 46.8 Å². The molecule has 1 saturated heterocycles. The summed E-state index contributed by atoms with van der Waals surface area (Å²) < 4.78 is 15.6. The Morgan fingerprint density at radius 1 is 1.08 bits per heavy atom. The number of aliphatic hydroxyl groups excluding tert-OH is 1. The third kappa shape index (κ3) is 9.19. The summed E-state index contributed by atoms with van der Waals surface area (Å²) in [4.78, 5) is 31.7. The Labute approximate surface area is 323 Å². The third-order valence-electron chi connectivity index (χ3n) is 11.4. The number of anilines is 2.